The molecule has 2 fully saturated rings. The second kappa shape index (κ2) is 9.36. The maximum absolute atomic E-state index is 14.3. The van der Waals surface area contributed by atoms with E-state index in [9.17, 15) is 9.18 Å². The van der Waals surface area contributed by atoms with Crippen LogP contribution in [-0.4, -0.2) is 41.1 Å². The predicted octanol–water partition coefficient (Wildman–Crippen LogP) is 6.30. The number of esters is 1. The number of ether oxygens (including phenoxy) is 2. The van der Waals surface area contributed by atoms with Crippen molar-refractivity contribution in [1.82, 2.24) is 14.8 Å². The predicted molar refractivity (Wildman–Crippen MR) is 137 cm³/mol. The molecule has 1 saturated carbocycles. The lowest BCUT2D eigenvalue weighted by Gasteiger charge is -2.31. The number of carbonyl (C=O) groups is 1. The molecule has 6 rings (SSSR count). The average Bonchev–Trinajstić information content (AvgIpc) is 3.51. The van der Waals surface area contributed by atoms with E-state index < -0.39 is 0 Å². The lowest BCUT2D eigenvalue weighted by Crippen LogP contribution is -2.24. The van der Waals surface area contributed by atoms with Crippen molar-refractivity contribution >= 4 is 27.8 Å². The molecule has 2 aromatic heterocycles. The van der Waals surface area contributed by atoms with E-state index in [-0.39, 0.29) is 17.7 Å². The smallest absolute Gasteiger partial charge is 0.308 e. The lowest BCUT2D eigenvalue weighted by molar-refractivity contribution is -0.146. The molecule has 6 nitrogen and oxygen atoms in total. The minimum absolute atomic E-state index is 0.0230. The third kappa shape index (κ3) is 3.90. The molecule has 1 aliphatic carbocycles. The maximum atomic E-state index is 14.3. The summed E-state index contributed by atoms with van der Waals surface area (Å²) in [5.74, 6) is 0.379. The molecule has 1 saturated heterocycles. The number of H-pyrrole nitrogens is 1. The summed E-state index contributed by atoms with van der Waals surface area (Å²) in [6.07, 6.45) is 7.33. The first-order chi connectivity index (χ1) is 17.5. The largest absolute Gasteiger partial charge is 0.469 e. The zero-order valence-corrected chi connectivity index (χ0v) is 20.9. The number of benzene rings is 2. The summed E-state index contributed by atoms with van der Waals surface area (Å²) >= 11 is 0. The molecule has 2 aliphatic rings. The summed E-state index contributed by atoms with van der Waals surface area (Å²) in [6, 6.07) is 9.85. The molecule has 1 aliphatic heterocycles. The number of halogens is 1. The van der Waals surface area contributed by atoms with Crippen LogP contribution in [0.5, 0.6) is 0 Å². The van der Waals surface area contributed by atoms with E-state index in [0.29, 0.717) is 17.4 Å². The number of fused-ring (bicyclic) bond motifs is 2. The van der Waals surface area contributed by atoms with E-state index in [0.717, 1.165) is 73.8 Å². The van der Waals surface area contributed by atoms with Crippen LogP contribution in [0.3, 0.4) is 0 Å². The first-order valence-corrected chi connectivity index (χ1v) is 13.0. The van der Waals surface area contributed by atoms with Crippen LogP contribution in [0.4, 0.5) is 4.39 Å². The number of aryl methyl sites for hydroxylation is 1. The maximum Gasteiger partial charge on any atom is 0.308 e. The van der Waals surface area contributed by atoms with Crippen LogP contribution in [-0.2, 0) is 14.3 Å². The van der Waals surface area contributed by atoms with Gasteiger partial charge in [0.15, 0.2) is 0 Å². The number of methoxy groups -OCH3 is 1. The Balaban J connectivity index is 1.58. The minimum atomic E-state index is -0.193. The number of carbonyl (C=O) groups excluding carboxylic acids is 1. The molecule has 1 N–H and O–H groups in total. The monoisotopic (exact) mass is 489 g/mol. The van der Waals surface area contributed by atoms with Crippen molar-refractivity contribution in [2.45, 2.75) is 57.3 Å². The van der Waals surface area contributed by atoms with Crippen molar-refractivity contribution in [2.24, 2.45) is 5.92 Å². The molecule has 0 spiro atoms. The highest BCUT2D eigenvalue weighted by Crippen LogP contribution is 2.47. The highest BCUT2D eigenvalue weighted by Gasteiger charge is 2.34. The number of aromatic amines is 1. The van der Waals surface area contributed by atoms with E-state index in [1.54, 1.807) is 6.07 Å². The lowest BCUT2D eigenvalue weighted by atomic mass is 9.76. The molecular weight excluding hydrogens is 457 g/mol. The highest BCUT2D eigenvalue weighted by molar-refractivity contribution is 5.99. The topological polar surface area (TPSA) is 69.1 Å². The fraction of sp³-hybridized carbons (Fsp3) is 0.448. The number of hydrogen-bond acceptors (Lipinski definition) is 4. The Bertz CT molecular complexity index is 1420. The van der Waals surface area contributed by atoms with Gasteiger partial charge in [-0.3, -0.25) is 9.89 Å². The van der Waals surface area contributed by atoms with Crippen LogP contribution in [0.15, 0.2) is 36.5 Å². The van der Waals surface area contributed by atoms with Gasteiger partial charge in [0.1, 0.15) is 5.82 Å². The molecule has 0 bridgehead atoms. The highest BCUT2D eigenvalue weighted by atomic mass is 19.1. The molecular formula is C29H32FN3O3. The van der Waals surface area contributed by atoms with E-state index in [1.807, 2.05) is 25.3 Å². The number of nitrogens with zero attached hydrogens (tertiary/aromatic N) is 2. The normalized spacial score (nSPS) is 21.3. The Labute approximate surface area is 209 Å². The van der Waals surface area contributed by atoms with E-state index >= 15 is 0 Å². The second-order valence-electron chi connectivity index (χ2n) is 10.4. The minimum Gasteiger partial charge on any atom is -0.469 e. The fourth-order valence-corrected chi connectivity index (χ4v) is 6.40. The van der Waals surface area contributed by atoms with Crippen molar-refractivity contribution < 1.29 is 18.7 Å². The second-order valence-corrected chi connectivity index (χ2v) is 10.4. The van der Waals surface area contributed by atoms with E-state index in [2.05, 4.69) is 26.9 Å². The zero-order valence-electron chi connectivity index (χ0n) is 20.9. The summed E-state index contributed by atoms with van der Waals surface area (Å²) in [7, 11) is 1.48. The first kappa shape index (κ1) is 23.2. The third-order valence-electron chi connectivity index (χ3n) is 8.28. The molecule has 188 valence electrons. The van der Waals surface area contributed by atoms with Crippen LogP contribution >= 0.6 is 0 Å². The zero-order chi connectivity index (χ0) is 24.8. The summed E-state index contributed by atoms with van der Waals surface area (Å²) in [5.41, 5.74) is 6.45. The molecule has 0 atom stereocenters. The van der Waals surface area contributed by atoms with Crippen molar-refractivity contribution in [3.63, 3.8) is 0 Å². The fourth-order valence-electron chi connectivity index (χ4n) is 6.40. The van der Waals surface area contributed by atoms with Gasteiger partial charge in [-0.1, -0.05) is 0 Å². The van der Waals surface area contributed by atoms with Crippen molar-refractivity contribution in [1.29, 1.82) is 0 Å². The summed E-state index contributed by atoms with van der Waals surface area (Å²) in [5, 5.41) is 9.69. The number of hydrogen-bond donors (Lipinski definition) is 1. The molecule has 0 unspecified atom stereocenters. The first-order valence-electron chi connectivity index (χ1n) is 13.0. The van der Waals surface area contributed by atoms with Crippen molar-refractivity contribution in [2.75, 3.05) is 20.3 Å². The Hall–Kier alpha value is -3.19. The van der Waals surface area contributed by atoms with Gasteiger partial charge in [0.2, 0.25) is 0 Å². The summed E-state index contributed by atoms with van der Waals surface area (Å²) in [4.78, 5) is 12.2. The molecule has 0 radical (unpaired) electrons. The quantitative estimate of drug-likeness (QED) is 0.342. The Kier molecular flexibility index (Phi) is 6.04. The molecule has 0 amide bonds. The van der Waals surface area contributed by atoms with Gasteiger partial charge in [-0.15, -0.1) is 0 Å². The SMILES string of the molecule is COC(=O)C1CCC(c2c(C3CCOCC3)n(-c3ccc(F)c(C)c3)c3cc4cn[nH]c4cc23)CC1. The van der Waals surface area contributed by atoms with Crippen LogP contribution in [0, 0.1) is 18.7 Å². The van der Waals surface area contributed by atoms with Crippen LogP contribution in [0.2, 0.25) is 0 Å². The van der Waals surface area contributed by atoms with Crippen LogP contribution < -0.4 is 0 Å². The molecule has 7 heteroatoms. The Morgan fingerprint density at radius 3 is 2.58 bits per heavy atom. The van der Waals surface area contributed by atoms with Crippen LogP contribution in [0.25, 0.3) is 27.5 Å². The van der Waals surface area contributed by atoms with Gasteiger partial charge in [0, 0.05) is 41.3 Å². The van der Waals surface area contributed by atoms with Gasteiger partial charge >= 0.3 is 5.97 Å². The van der Waals surface area contributed by atoms with Gasteiger partial charge in [-0.05, 0) is 92.8 Å². The van der Waals surface area contributed by atoms with Crippen molar-refractivity contribution in [3.8, 4) is 5.69 Å². The Morgan fingerprint density at radius 2 is 1.86 bits per heavy atom. The number of aromatic nitrogens is 3. The summed E-state index contributed by atoms with van der Waals surface area (Å²) in [6.45, 7) is 3.31. The molecule has 4 aromatic rings. The molecule has 3 heterocycles. The van der Waals surface area contributed by atoms with E-state index in [1.165, 1.54) is 23.8 Å². The average molecular weight is 490 g/mol. The Morgan fingerprint density at radius 1 is 1.08 bits per heavy atom. The molecule has 2 aromatic carbocycles. The standard InChI is InChI=1S/C29H32FN3O3/c1-17-13-22(7-8-24(17)30)33-26-14-21-16-31-32-25(21)15-23(26)27(28(33)19-9-11-36-12-10-19)18-3-5-20(6-4-18)29(34)35-2/h7-8,13-16,18-20H,3-6,9-12H2,1-2H3,(H,31,32). The van der Waals surface area contributed by atoms with E-state index in [4.69, 9.17) is 9.47 Å². The van der Waals surface area contributed by atoms with Gasteiger partial charge in [-0.25, -0.2) is 4.39 Å². The molecule has 36 heavy (non-hydrogen) atoms. The van der Waals surface area contributed by atoms with Gasteiger partial charge in [0.25, 0.3) is 0 Å². The number of rotatable bonds is 4. The van der Waals surface area contributed by atoms with Gasteiger partial charge in [-0.2, -0.15) is 5.10 Å². The third-order valence-corrected chi connectivity index (χ3v) is 8.28. The number of nitrogens with one attached hydrogen (secondary N) is 1. The van der Waals surface area contributed by atoms with Crippen LogP contribution in [0.1, 0.15) is 67.2 Å². The summed E-state index contributed by atoms with van der Waals surface area (Å²) < 4.78 is 27.5. The van der Waals surface area contributed by atoms with Crippen molar-refractivity contribution in [3.05, 3.63) is 59.2 Å². The van der Waals surface area contributed by atoms with Gasteiger partial charge < -0.3 is 14.0 Å². The van der Waals surface area contributed by atoms with Gasteiger partial charge in [0.05, 0.1) is 30.3 Å².